The number of ether oxygens (including phenoxy) is 2. The summed E-state index contributed by atoms with van der Waals surface area (Å²) in [6.45, 7) is -0.692. The van der Waals surface area contributed by atoms with Crippen molar-refractivity contribution in [2.45, 2.75) is 13.5 Å². The van der Waals surface area contributed by atoms with Gasteiger partial charge in [-0.25, -0.2) is 0 Å². The van der Waals surface area contributed by atoms with Crippen molar-refractivity contribution < 1.29 is 18.3 Å². The number of hydrogen-bond acceptors (Lipinski definition) is 2. The lowest BCUT2D eigenvalue weighted by molar-refractivity contribution is -0.0514. The van der Waals surface area contributed by atoms with Crippen molar-refractivity contribution in [3.63, 3.8) is 0 Å². The van der Waals surface area contributed by atoms with Gasteiger partial charge in [0.1, 0.15) is 0 Å². The van der Waals surface area contributed by atoms with Gasteiger partial charge in [0.2, 0.25) is 0 Å². The van der Waals surface area contributed by atoms with E-state index in [2.05, 4.69) is 10.8 Å². The molecule has 1 rings (SSSR count). The first kappa shape index (κ1) is 9.77. The normalized spacial score (nSPS) is 10.2. The Kier molecular flexibility index (Phi) is 3.49. The molecule has 1 radical (unpaired) electrons. The molecule has 71 valence electrons. The molecule has 0 N–H and O–H groups in total. The molecule has 0 saturated carbocycles. The van der Waals surface area contributed by atoms with Gasteiger partial charge in [-0.15, -0.1) is 0 Å². The zero-order chi connectivity index (χ0) is 9.68. The lowest BCUT2D eigenvalue weighted by Gasteiger charge is -2.09. The van der Waals surface area contributed by atoms with Crippen LogP contribution in [-0.4, -0.2) is 13.2 Å². The first-order valence-corrected chi connectivity index (χ1v) is 3.82. The van der Waals surface area contributed by atoms with Crippen molar-refractivity contribution in [3.8, 4) is 11.5 Å². The van der Waals surface area contributed by atoms with Crippen molar-refractivity contribution in [2.75, 3.05) is 6.61 Å². The number of halogens is 2. The Hall–Kier alpha value is -1.32. The quantitative estimate of drug-likeness (QED) is 0.720. The Morgan fingerprint density at radius 1 is 1.54 bits per heavy atom. The number of hydrogen-bond donors (Lipinski definition) is 0. The standard InChI is InChI=1S/C9H9F2O2/c1-2-12-7-5-3-4-6-8(7)13-9(10)11/h3-4,6,9H,2H2,1H3. The highest BCUT2D eigenvalue weighted by Gasteiger charge is 2.09. The highest BCUT2D eigenvalue weighted by Crippen LogP contribution is 2.26. The van der Waals surface area contributed by atoms with Crippen LogP contribution >= 0.6 is 0 Å². The average molecular weight is 187 g/mol. The molecular weight excluding hydrogens is 178 g/mol. The van der Waals surface area contributed by atoms with Gasteiger partial charge in [0.15, 0.2) is 11.5 Å². The maximum atomic E-state index is 11.8. The number of para-hydroxylation sites is 1. The third-order valence-corrected chi connectivity index (χ3v) is 1.29. The summed E-state index contributed by atoms with van der Waals surface area (Å²) in [6.07, 6.45) is 0. The Morgan fingerprint density at radius 3 is 2.92 bits per heavy atom. The summed E-state index contributed by atoms with van der Waals surface area (Å²) in [7, 11) is 0. The highest BCUT2D eigenvalue weighted by atomic mass is 19.3. The first-order valence-electron chi connectivity index (χ1n) is 3.82. The fraction of sp³-hybridized carbons (Fsp3) is 0.333. The van der Waals surface area contributed by atoms with Crippen LogP contribution in [0, 0.1) is 6.07 Å². The summed E-state index contributed by atoms with van der Waals surface area (Å²) in [5.41, 5.74) is 0. The molecule has 0 aliphatic rings. The van der Waals surface area contributed by atoms with Crippen molar-refractivity contribution >= 4 is 0 Å². The molecule has 1 aromatic rings. The lowest BCUT2D eigenvalue weighted by atomic mass is 10.3. The third-order valence-electron chi connectivity index (χ3n) is 1.29. The molecule has 4 heteroatoms. The van der Waals surface area contributed by atoms with E-state index in [0.29, 0.717) is 6.61 Å². The van der Waals surface area contributed by atoms with E-state index in [9.17, 15) is 8.78 Å². The minimum absolute atomic E-state index is 0.0133. The van der Waals surface area contributed by atoms with E-state index >= 15 is 0 Å². The second-order valence-electron chi connectivity index (χ2n) is 2.18. The molecule has 2 nitrogen and oxygen atoms in total. The molecule has 0 aliphatic heterocycles. The maximum absolute atomic E-state index is 11.8. The minimum Gasteiger partial charge on any atom is -0.489 e. The van der Waals surface area contributed by atoms with Crippen LogP contribution in [-0.2, 0) is 0 Å². The van der Waals surface area contributed by atoms with Crippen molar-refractivity contribution in [2.24, 2.45) is 0 Å². The van der Waals surface area contributed by atoms with Gasteiger partial charge in [0.05, 0.1) is 6.61 Å². The minimum atomic E-state index is -2.84. The maximum Gasteiger partial charge on any atom is 0.387 e. The van der Waals surface area contributed by atoms with E-state index in [1.54, 1.807) is 19.1 Å². The fourth-order valence-corrected chi connectivity index (χ4v) is 0.852. The van der Waals surface area contributed by atoms with E-state index in [0.717, 1.165) is 0 Å². The summed E-state index contributed by atoms with van der Waals surface area (Å²) in [5, 5.41) is 0. The molecule has 0 saturated heterocycles. The average Bonchev–Trinajstić information content (AvgIpc) is 2.08. The van der Waals surface area contributed by atoms with Crippen molar-refractivity contribution in [1.29, 1.82) is 0 Å². The Bertz CT molecular complexity index is 264. The smallest absolute Gasteiger partial charge is 0.387 e. The van der Waals surface area contributed by atoms with Crippen molar-refractivity contribution in [1.82, 2.24) is 0 Å². The van der Waals surface area contributed by atoms with Gasteiger partial charge >= 0.3 is 6.61 Å². The SMILES string of the molecule is CCOc1[c]cccc1OC(F)F. The van der Waals surface area contributed by atoms with Gasteiger partial charge in [0.25, 0.3) is 0 Å². The predicted molar refractivity (Wildman–Crippen MR) is 43.1 cm³/mol. The number of benzene rings is 1. The number of rotatable bonds is 4. The van der Waals surface area contributed by atoms with E-state index in [-0.39, 0.29) is 11.5 Å². The first-order chi connectivity index (χ1) is 6.24. The van der Waals surface area contributed by atoms with Gasteiger partial charge in [-0.3, -0.25) is 0 Å². The second kappa shape index (κ2) is 4.64. The van der Waals surface area contributed by atoms with Crippen molar-refractivity contribution in [3.05, 3.63) is 24.3 Å². The zero-order valence-corrected chi connectivity index (χ0v) is 7.09. The van der Waals surface area contributed by atoms with Crippen LogP contribution < -0.4 is 9.47 Å². The number of alkyl halides is 2. The van der Waals surface area contributed by atoms with Gasteiger partial charge in [-0.2, -0.15) is 8.78 Å². The largest absolute Gasteiger partial charge is 0.489 e. The lowest BCUT2D eigenvalue weighted by Crippen LogP contribution is -2.04. The fourth-order valence-electron chi connectivity index (χ4n) is 0.852. The van der Waals surface area contributed by atoms with E-state index < -0.39 is 6.61 Å². The van der Waals surface area contributed by atoms with Crippen LogP contribution in [0.5, 0.6) is 11.5 Å². The molecule has 0 amide bonds. The topological polar surface area (TPSA) is 18.5 Å². The van der Waals surface area contributed by atoms with Crippen LogP contribution in [0.2, 0.25) is 0 Å². The Labute approximate surface area is 75.1 Å². The molecule has 0 aromatic heterocycles. The van der Waals surface area contributed by atoms with Crippen LogP contribution in [0.3, 0.4) is 0 Å². The molecule has 13 heavy (non-hydrogen) atoms. The molecule has 0 fully saturated rings. The van der Waals surface area contributed by atoms with E-state index in [1.807, 2.05) is 0 Å². The summed E-state index contributed by atoms with van der Waals surface area (Å²) < 4.78 is 32.9. The van der Waals surface area contributed by atoms with Gasteiger partial charge in [-0.1, -0.05) is 12.1 Å². The predicted octanol–water partition coefficient (Wildman–Crippen LogP) is 2.49. The van der Waals surface area contributed by atoms with Gasteiger partial charge in [-0.05, 0) is 13.0 Å². The monoisotopic (exact) mass is 187 g/mol. The molecule has 0 aliphatic carbocycles. The summed E-state index contributed by atoms with van der Waals surface area (Å²) in [5.74, 6) is 0.227. The molecule has 0 atom stereocenters. The molecule has 0 heterocycles. The van der Waals surface area contributed by atoms with Gasteiger partial charge in [0, 0.05) is 6.07 Å². The summed E-state index contributed by atoms with van der Waals surface area (Å²) >= 11 is 0. The Morgan fingerprint density at radius 2 is 2.31 bits per heavy atom. The zero-order valence-electron chi connectivity index (χ0n) is 7.09. The molecule has 0 unspecified atom stereocenters. The van der Waals surface area contributed by atoms with Crippen LogP contribution in [0.4, 0.5) is 8.78 Å². The molecule has 1 aromatic carbocycles. The summed E-state index contributed by atoms with van der Waals surface area (Å²) in [6, 6.07) is 7.20. The third kappa shape index (κ3) is 2.89. The molecular formula is C9H9F2O2. The van der Waals surface area contributed by atoms with Crippen LogP contribution in [0.1, 0.15) is 6.92 Å². The van der Waals surface area contributed by atoms with E-state index in [1.165, 1.54) is 6.07 Å². The second-order valence-corrected chi connectivity index (χ2v) is 2.18. The van der Waals surface area contributed by atoms with Crippen LogP contribution in [0.15, 0.2) is 18.2 Å². The molecule has 0 spiro atoms. The molecule has 0 bridgehead atoms. The Balaban J connectivity index is 2.78. The summed E-state index contributed by atoms with van der Waals surface area (Å²) in [4.78, 5) is 0. The van der Waals surface area contributed by atoms with Gasteiger partial charge < -0.3 is 9.47 Å². The highest BCUT2D eigenvalue weighted by molar-refractivity contribution is 5.38. The van der Waals surface area contributed by atoms with Crippen LogP contribution in [0.25, 0.3) is 0 Å². The van der Waals surface area contributed by atoms with E-state index in [4.69, 9.17) is 4.74 Å².